The van der Waals surface area contributed by atoms with Gasteiger partial charge in [-0.1, -0.05) is 6.07 Å². The van der Waals surface area contributed by atoms with Crippen LogP contribution in [0.25, 0.3) is 0 Å². The van der Waals surface area contributed by atoms with Crippen LogP contribution in [0.2, 0.25) is 0 Å². The number of methoxy groups -OCH3 is 1. The highest BCUT2D eigenvalue weighted by Crippen LogP contribution is 2.29. The Balaban J connectivity index is 1.96. The second-order valence-electron chi connectivity index (χ2n) is 4.63. The van der Waals surface area contributed by atoms with Gasteiger partial charge in [-0.3, -0.25) is 0 Å². The predicted octanol–water partition coefficient (Wildman–Crippen LogP) is 3.28. The van der Waals surface area contributed by atoms with Crippen molar-refractivity contribution >= 4 is 11.8 Å². The van der Waals surface area contributed by atoms with Crippen molar-refractivity contribution in [3.05, 3.63) is 23.8 Å². The van der Waals surface area contributed by atoms with Crippen LogP contribution in [0.1, 0.15) is 18.4 Å². The van der Waals surface area contributed by atoms with Gasteiger partial charge in [0, 0.05) is 12.6 Å². The van der Waals surface area contributed by atoms with E-state index in [1.807, 2.05) is 17.8 Å². The lowest BCUT2D eigenvalue weighted by Crippen LogP contribution is -2.32. The van der Waals surface area contributed by atoms with Gasteiger partial charge in [0.05, 0.1) is 7.11 Å². The molecule has 0 spiro atoms. The maximum absolute atomic E-state index is 12.3. The van der Waals surface area contributed by atoms with Gasteiger partial charge in [0.25, 0.3) is 0 Å². The molecule has 1 heterocycles. The molecule has 3 nitrogen and oxygen atoms in total. The van der Waals surface area contributed by atoms with Gasteiger partial charge in [-0.15, -0.1) is 0 Å². The number of hydrogen-bond donors (Lipinski definition) is 1. The Morgan fingerprint density at radius 2 is 2.05 bits per heavy atom. The first-order valence-corrected chi connectivity index (χ1v) is 7.77. The highest BCUT2D eigenvalue weighted by atomic mass is 32.2. The molecule has 1 aliphatic heterocycles. The number of alkyl halides is 2. The quantitative estimate of drug-likeness (QED) is 0.873. The van der Waals surface area contributed by atoms with E-state index < -0.39 is 6.61 Å². The van der Waals surface area contributed by atoms with Gasteiger partial charge >= 0.3 is 6.61 Å². The SMILES string of the molecule is COc1ccc(CNC2CCSCC2)cc1OC(F)F. The number of rotatable bonds is 6. The molecule has 2 rings (SSSR count). The van der Waals surface area contributed by atoms with Gasteiger partial charge in [-0.05, 0) is 42.0 Å². The molecule has 1 fully saturated rings. The van der Waals surface area contributed by atoms with Crippen LogP contribution < -0.4 is 14.8 Å². The maximum Gasteiger partial charge on any atom is 0.387 e. The molecule has 0 radical (unpaired) electrons. The molecular weight excluding hydrogens is 284 g/mol. The van der Waals surface area contributed by atoms with Crippen LogP contribution >= 0.6 is 11.8 Å². The van der Waals surface area contributed by atoms with E-state index in [4.69, 9.17) is 4.74 Å². The minimum atomic E-state index is -2.84. The molecule has 1 aliphatic rings. The molecule has 1 N–H and O–H groups in total. The van der Waals surface area contributed by atoms with E-state index >= 15 is 0 Å². The van der Waals surface area contributed by atoms with Crippen LogP contribution in [0, 0.1) is 0 Å². The predicted molar refractivity (Wildman–Crippen MR) is 76.8 cm³/mol. The lowest BCUT2D eigenvalue weighted by atomic mass is 10.1. The van der Waals surface area contributed by atoms with Gasteiger partial charge in [-0.2, -0.15) is 20.5 Å². The number of benzene rings is 1. The highest BCUT2D eigenvalue weighted by Gasteiger charge is 2.14. The minimum Gasteiger partial charge on any atom is -0.493 e. The van der Waals surface area contributed by atoms with Crippen molar-refractivity contribution in [2.24, 2.45) is 0 Å². The normalized spacial score (nSPS) is 16.4. The summed E-state index contributed by atoms with van der Waals surface area (Å²) in [4.78, 5) is 0. The van der Waals surface area contributed by atoms with Crippen molar-refractivity contribution in [2.75, 3.05) is 18.6 Å². The third-order valence-corrected chi connectivity index (χ3v) is 4.31. The second kappa shape index (κ2) is 7.69. The average molecular weight is 303 g/mol. The van der Waals surface area contributed by atoms with Crippen LogP contribution in [0.3, 0.4) is 0 Å². The Bertz CT molecular complexity index is 426. The van der Waals surface area contributed by atoms with Crippen LogP contribution in [-0.4, -0.2) is 31.3 Å². The van der Waals surface area contributed by atoms with Crippen LogP contribution in [0.15, 0.2) is 18.2 Å². The number of ether oxygens (including phenoxy) is 2. The Labute approximate surface area is 122 Å². The molecule has 0 saturated carbocycles. The lowest BCUT2D eigenvalue weighted by molar-refractivity contribution is -0.0512. The molecule has 0 unspecified atom stereocenters. The number of thioether (sulfide) groups is 1. The van der Waals surface area contributed by atoms with E-state index in [-0.39, 0.29) is 5.75 Å². The van der Waals surface area contributed by atoms with E-state index in [1.54, 1.807) is 12.1 Å². The van der Waals surface area contributed by atoms with E-state index in [0.29, 0.717) is 18.3 Å². The molecule has 20 heavy (non-hydrogen) atoms. The summed E-state index contributed by atoms with van der Waals surface area (Å²) >= 11 is 1.97. The Morgan fingerprint density at radius 3 is 2.70 bits per heavy atom. The molecule has 0 amide bonds. The van der Waals surface area contributed by atoms with Crippen molar-refractivity contribution in [1.29, 1.82) is 0 Å². The third-order valence-electron chi connectivity index (χ3n) is 3.26. The summed E-state index contributed by atoms with van der Waals surface area (Å²) in [5.74, 6) is 2.77. The first kappa shape index (κ1) is 15.4. The summed E-state index contributed by atoms with van der Waals surface area (Å²) in [6, 6.07) is 5.64. The smallest absolute Gasteiger partial charge is 0.387 e. The molecule has 0 atom stereocenters. The minimum absolute atomic E-state index is 0.0843. The van der Waals surface area contributed by atoms with E-state index in [1.165, 1.54) is 18.6 Å². The fourth-order valence-corrected chi connectivity index (χ4v) is 3.29. The van der Waals surface area contributed by atoms with Gasteiger partial charge in [0.1, 0.15) is 0 Å². The fourth-order valence-electron chi connectivity index (χ4n) is 2.18. The van der Waals surface area contributed by atoms with Crippen LogP contribution in [0.4, 0.5) is 8.78 Å². The largest absolute Gasteiger partial charge is 0.493 e. The van der Waals surface area contributed by atoms with Crippen LogP contribution in [-0.2, 0) is 6.54 Å². The Morgan fingerprint density at radius 1 is 1.30 bits per heavy atom. The Kier molecular flexibility index (Phi) is 5.91. The van der Waals surface area contributed by atoms with Crippen molar-refractivity contribution in [3.63, 3.8) is 0 Å². The van der Waals surface area contributed by atoms with Crippen molar-refractivity contribution < 1.29 is 18.3 Å². The molecule has 0 aromatic heterocycles. The summed E-state index contributed by atoms with van der Waals surface area (Å²) < 4.78 is 34.2. The molecule has 6 heteroatoms. The second-order valence-corrected chi connectivity index (χ2v) is 5.86. The first-order valence-electron chi connectivity index (χ1n) is 6.62. The van der Waals surface area contributed by atoms with E-state index in [0.717, 1.165) is 18.4 Å². The molecule has 1 saturated heterocycles. The zero-order valence-corrected chi connectivity index (χ0v) is 12.2. The monoisotopic (exact) mass is 303 g/mol. The molecule has 112 valence electrons. The Hall–Kier alpha value is -1.01. The van der Waals surface area contributed by atoms with E-state index in [2.05, 4.69) is 10.1 Å². The van der Waals surface area contributed by atoms with Gasteiger partial charge in [0.2, 0.25) is 0 Å². The first-order chi connectivity index (χ1) is 9.69. The van der Waals surface area contributed by atoms with Crippen LogP contribution in [0.5, 0.6) is 11.5 Å². The van der Waals surface area contributed by atoms with Crippen molar-refractivity contribution in [3.8, 4) is 11.5 Å². The zero-order chi connectivity index (χ0) is 14.4. The number of halogens is 2. The molecule has 1 aromatic rings. The summed E-state index contributed by atoms with van der Waals surface area (Å²) in [6.45, 7) is -2.19. The molecule has 0 aliphatic carbocycles. The molecular formula is C14H19F2NO2S. The average Bonchev–Trinajstić information content (AvgIpc) is 2.46. The van der Waals surface area contributed by atoms with Gasteiger partial charge < -0.3 is 14.8 Å². The topological polar surface area (TPSA) is 30.5 Å². The summed E-state index contributed by atoms with van der Waals surface area (Å²) in [5.41, 5.74) is 0.916. The third kappa shape index (κ3) is 4.52. The zero-order valence-electron chi connectivity index (χ0n) is 11.4. The molecule has 0 bridgehead atoms. The number of hydrogen-bond acceptors (Lipinski definition) is 4. The van der Waals surface area contributed by atoms with Gasteiger partial charge in [0.15, 0.2) is 11.5 Å². The van der Waals surface area contributed by atoms with Crippen molar-refractivity contribution in [2.45, 2.75) is 32.0 Å². The molecule has 1 aromatic carbocycles. The van der Waals surface area contributed by atoms with Gasteiger partial charge in [-0.25, -0.2) is 0 Å². The van der Waals surface area contributed by atoms with Crippen molar-refractivity contribution in [1.82, 2.24) is 5.32 Å². The fraction of sp³-hybridized carbons (Fsp3) is 0.571. The summed E-state index contributed by atoms with van der Waals surface area (Å²) in [7, 11) is 1.44. The standard InChI is InChI=1S/C14H19F2NO2S/c1-18-12-3-2-10(8-13(12)19-14(15)16)9-17-11-4-6-20-7-5-11/h2-3,8,11,14,17H,4-7,9H2,1H3. The summed E-state index contributed by atoms with van der Waals surface area (Å²) in [5, 5.41) is 3.46. The van der Waals surface area contributed by atoms with E-state index in [9.17, 15) is 8.78 Å². The summed E-state index contributed by atoms with van der Waals surface area (Å²) in [6.07, 6.45) is 2.31. The highest BCUT2D eigenvalue weighted by molar-refractivity contribution is 7.99. The maximum atomic E-state index is 12.3. The lowest BCUT2D eigenvalue weighted by Gasteiger charge is -2.22. The number of nitrogens with one attached hydrogen (secondary N) is 1.